The molecule has 4 heterocycles. The third-order valence-corrected chi connectivity index (χ3v) is 7.18. The molecule has 1 aliphatic heterocycles. The minimum Gasteiger partial charge on any atom is -0.352 e. The number of rotatable bonds is 5. The standard InChI is InChI=1S/C25H29N5S/c1-17-14-21(18(2)29(17)16-19-8-7-12-26-15-19)24-23(22-11-5-6-13-27-22)28-25(31)30(24)20-9-3-4-10-20/h5-8,11-15,20,23-24H,3-4,9-10,16H2,1-2H3,(H,28,31)/t23-,24-/m0/s1. The van der Waals surface area contributed by atoms with Crippen LogP contribution in [0.5, 0.6) is 0 Å². The van der Waals surface area contributed by atoms with E-state index in [1.54, 1.807) is 0 Å². The first-order valence-electron chi connectivity index (χ1n) is 11.2. The topological polar surface area (TPSA) is 46.0 Å². The van der Waals surface area contributed by atoms with Gasteiger partial charge in [-0.3, -0.25) is 9.97 Å². The molecule has 1 saturated heterocycles. The number of aromatic nitrogens is 3. The van der Waals surface area contributed by atoms with Crippen LogP contribution in [-0.4, -0.2) is 30.6 Å². The van der Waals surface area contributed by atoms with E-state index in [0.717, 1.165) is 17.4 Å². The molecule has 160 valence electrons. The molecule has 3 aromatic heterocycles. The minimum absolute atomic E-state index is 0.0571. The summed E-state index contributed by atoms with van der Waals surface area (Å²) in [6.45, 7) is 5.26. The highest BCUT2D eigenvalue weighted by Crippen LogP contribution is 2.44. The quantitative estimate of drug-likeness (QED) is 0.585. The van der Waals surface area contributed by atoms with E-state index in [2.05, 4.69) is 57.9 Å². The van der Waals surface area contributed by atoms with E-state index >= 15 is 0 Å². The molecule has 5 nitrogen and oxygen atoms in total. The molecular weight excluding hydrogens is 402 g/mol. The monoisotopic (exact) mass is 431 g/mol. The molecule has 2 fully saturated rings. The summed E-state index contributed by atoms with van der Waals surface area (Å²) in [4.78, 5) is 11.5. The van der Waals surface area contributed by atoms with Gasteiger partial charge in [0.25, 0.3) is 0 Å². The second-order valence-electron chi connectivity index (χ2n) is 8.75. The van der Waals surface area contributed by atoms with Crippen molar-refractivity contribution < 1.29 is 0 Å². The molecule has 0 aromatic carbocycles. The Morgan fingerprint density at radius 1 is 1.10 bits per heavy atom. The maximum Gasteiger partial charge on any atom is 0.170 e. The number of hydrogen-bond acceptors (Lipinski definition) is 3. The normalized spacial score (nSPS) is 21.6. The van der Waals surface area contributed by atoms with E-state index < -0.39 is 0 Å². The van der Waals surface area contributed by atoms with Crippen LogP contribution in [0.25, 0.3) is 0 Å². The molecule has 2 atom stereocenters. The van der Waals surface area contributed by atoms with Crippen LogP contribution in [0.3, 0.4) is 0 Å². The molecule has 3 aromatic rings. The van der Waals surface area contributed by atoms with Gasteiger partial charge in [0.15, 0.2) is 5.11 Å². The van der Waals surface area contributed by atoms with Crippen LogP contribution < -0.4 is 5.32 Å². The number of hydrogen-bond donors (Lipinski definition) is 1. The van der Waals surface area contributed by atoms with E-state index in [1.165, 1.54) is 48.2 Å². The largest absolute Gasteiger partial charge is 0.352 e. The summed E-state index contributed by atoms with van der Waals surface area (Å²) >= 11 is 5.89. The van der Waals surface area contributed by atoms with E-state index in [1.807, 2.05) is 30.7 Å². The van der Waals surface area contributed by atoms with Crippen molar-refractivity contribution in [1.29, 1.82) is 0 Å². The van der Waals surface area contributed by atoms with Gasteiger partial charge in [-0.15, -0.1) is 0 Å². The molecule has 6 heteroatoms. The van der Waals surface area contributed by atoms with Gasteiger partial charge in [-0.05, 0) is 74.3 Å². The maximum absolute atomic E-state index is 5.89. The van der Waals surface area contributed by atoms with Crippen LogP contribution in [0.15, 0.2) is 55.0 Å². The molecule has 0 amide bonds. The fraction of sp³-hybridized carbons (Fsp3) is 0.400. The number of aryl methyl sites for hydroxylation is 1. The molecule has 1 aliphatic carbocycles. The van der Waals surface area contributed by atoms with E-state index in [0.29, 0.717) is 6.04 Å². The zero-order valence-corrected chi connectivity index (χ0v) is 19.0. The molecule has 31 heavy (non-hydrogen) atoms. The average Bonchev–Trinajstić information content (AvgIpc) is 3.50. The van der Waals surface area contributed by atoms with Crippen LogP contribution >= 0.6 is 12.2 Å². The van der Waals surface area contributed by atoms with Crippen LogP contribution in [0.4, 0.5) is 0 Å². The van der Waals surface area contributed by atoms with Crippen LogP contribution in [0.1, 0.15) is 66.0 Å². The van der Waals surface area contributed by atoms with Gasteiger partial charge in [0.1, 0.15) is 0 Å². The maximum atomic E-state index is 5.89. The van der Waals surface area contributed by atoms with Gasteiger partial charge in [-0.2, -0.15) is 0 Å². The fourth-order valence-electron chi connectivity index (χ4n) is 5.32. The minimum atomic E-state index is 0.0571. The molecule has 0 bridgehead atoms. The second kappa shape index (κ2) is 8.42. The summed E-state index contributed by atoms with van der Waals surface area (Å²) in [6, 6.07) is 13.3. The molecule has 2 aliphatic rings. The van der Waals surface area contributed by atoms with Crippen LogP contribution in [0.2, 0.25) is 0 Å². The molecular formula is C25H29N5S. The van der Waals surface area contributed by atoms with Crippen molar-refractivity contribution in [1.82, 2.24) is 24.8 Å². The Balaban J connectivity index is 1.57. The highest BCUT2D eigenvalue weighted by molar-refractivity contribution is 7.80. The van der Waals surface area contributed by atoms with Gasteiger partial charge < -0.3 is 14.8 Å². The average molecular weight is 432 g/mol. The van der Waals surface area contributed by atoms with Crippen molar-refractivity contribution in [2.24, 2.45) is 0 Å². The Bertz CT molecular complexity index is 1060. The van der Waals surface area contributed by atoms with Crippen molar-refractivity contribution >= 4 is 17.3 Å². The molecule has 1 N–H and O–H groups in total. The van der Waals surface area contributed by atoms with Gasteiger partial charge in [-0.25, -0.2) is 0 Å². The molecule has 1 saturated carbocycles. The fourth-order valence-corrected chi connectivity index (χ4v) is 5.71. The molecule has 0 spiro atoms. The summed E-state index contributed by atoms with van der Waals surface area (Å²) in [7, 11) is 0. The Morgan fingerprint density at radius 2 is 1.94 bits per heavy atom. The number of nitrogens with zero attached hydrogens (tertiary/aromatic N) is 4. The number of thiocarbonyl (C=S) groups is 1. The lowest BCUT2D eigenvalue weighted by molar-refractivity contribution is 0.245. The van der Waals surface area contributed by atoms with Crippen molar-refractivity contribution in [3.8, 4) is 0 Å². The smallest absolute Gasteiger partial charge is 0.170 e. The van der Waals surface area contributed by atoms with E-state index in [9.17, 15) is 0 Å². The van der Waals surface area contributed by atoms with Crippen molar-refractivity contribution in [3.05, 3.63) is 83.2 Å². The van der Waals surface area contributed by atoms with E-state index in [-0.39, 0.29) is 12.1 Å². The Kier molecular flexibility index (Phi) is 5.48. The SMILES string of the molecule is Cc1cc([C@H]2[C@H](c3ccccn3)NC(=S)N2C2CCCC2)c(C)n1Cc1cccnc1. The zero-order chi connectivity index (χ0) is 21.4. The van der Waals surface area contributed by atoms with Gasteiger partial charge in [-0.1, -0.05) is 25.0 Å². The first-order chi connectivity index (χ1) is 15.1. The van der Waals surface area contributed by atoms with Crippen molar-refractivity contribution in [2.45, 2.75) is 64.2 Å². The molecule has 0 unspecified atom stereocenters. The lowest BCUT2D eigenvalue weighted by Gasteiger charge is -2.33. The lowest BCUT2D eigenvalue weighted by atomic mass is 9.95. The first-order valence-corrected chi connectivity index (χ1v) is 11.6. The first kappa shape index (κ1) is 20.2. The van der Waals surface area contributed by atoms with Gasteiger partial charge >= 0.3 is 0 Å². The highest BCUT2D eigenvalue weighted by atomic mass is 32.1. The lowest BCUT2D eigenvalue weighted by Crippen LogP contribution is -2.37. The predicted molar refractivity (Wildman–Crippen MR) is 127 cm³/mol. The predicted octanol–water partition coefficient (Wildman–Crippen LogP) is 4.86. The van der Waals surface area contributed by atoms with Gasteiger partial charge in [0.2, 0.25) is 0 Å². The summed E-state index contributed by atoms with van der Waals surface area (Å²) in [6.07, 6.45) is 10.6. The summed E-state index contributed by atoms with van der Waals surface area (Å²) in [5.74, 6) is 0. The molecule has 0 radical (unpaired) electrons. The summed E-state index contributed by atoms with van der Waals surface area (Å²) < 4.78 is 2.40. The van der Waals surface area contributed by atoms with Gasteiger partial charge in [0.05, 0.1) is 17.8 Å². The third-order valence-electron chi connectivity index (χ3n) is 6.85. The van der Waals surface area contributed by atoms with Crippen LogP contribution in [0, 0.1) is 13.8 Å². The van der Waals surface area contributed by atoms with Gasteiger partial charge in [0, 0.05) is 42.6 Å². The Labute approximate surface area is 189 Å². The van der Waals surface area contributed by atoms with E-state index in [4.69, 9.17) is 17.2 Å². The highest BCUT2D eigenvalue weighted by Gasteiger charge is 2.44. The Hall–Kier alpha value is -2.73. The summed E-state index contributed by atoms with van der Waals surface area (Å²) in [5, 5.41) is 4.49. The number of nitrogens with one attached hydrogen (secondary N) is 1. The Morgan fingerprint density at radius 3 is 2.65 bits per heavy atom. The van der Waals surface area contributed by atoms with Crippen molar-refractivity contribution in [2.75, 3.05) is 0 Å². The number of pyridine rings is 2. The summed E-state index contributed by atoms with van der Waals surface area (Å²) in [5.41, 5.74) is 6.16. The third kappa shape index (κ3) is 3.74. The van der Waals surface area contributed by atoms with Crippen molar-refractivity contribution in [3.63, 3.8) is 0 Å². The molecule has 5 rings (SSSR count). The van der Waals surface area contributed by atoms with Crippen LogP contribution in [-0.2, 0) is 6.54 Å². The second-order valence-corrected chi connectivity index (χ2v) is 9.13. The zero-order valence-electron chi connectivity index (χ0n) is 18.2.